The summed E-state index contributed by atoms with van der Waals surface area (Å²) in [7, 11) is 0. The molecule has 1 amide bonds. The van der Waals surface area contributed by atoms with Crippen LogP contribution < -0.4 is 4.74 Å². The maximum atomic E-state index is 13.0. The topological polar surface area (TPSA) is 66.8 Å². The summed E-state index contributed by atoms with van der Waals surface area (Å²) < 4.78 is 44.4. The van der Waals surface area contributed by atoms with E-state index in [0.717, 1.165) is 6.07 Å². The van der Waals surface area contributed by atoms with Crippen LogP contribution in [0.4, 0.5) is 13.2 Å². The zero-order chi connectivity index (χ0) is 19.1. The molecule has 142 valence electrons. The van der Waals surface area contributed by atoms with E-state index < -0.39 is 23.8 Å². The number of likely N-dealkylation sites (tertiary alicyclic amines) is 1. The SMILES string of the molecule is CC(Oc1ccccc1C(F)(F)F)C(=O)N1CCC2(CC1)CC2C(=O)O. The van der Waals surface area contributed by atoms with Gasteiger partial charge in [-0.05, 0) is 43.7 Å². The highest BCUT2D eigenvalue weighted by molar-refractivity contribution is 5.81. The zero-order valence-electron chi connectivity index (χ0n) is 14.3. The average Bonchev–Trinajstić information content (AvgIpc) is 3.28. The number of aliphatic carboxylic acids is 1. The van der Waals surface area contributed by atoms with Crippen molar-refractivity contribution >= 4 is 11.9 Å². The number of benzene rings is 1. The summed E-state index contributed by atoms with van der Waals surface area (Å²) >= 11 is 0. The van der Waals surface area contributed by atoms with E-state index in [4.69, 9.17) is 9.84 Å². The standard InChI is InChI=1S/C18H20F3NO4/c1-11(26-14-5-3-2-4-12(14)18(19,20)21)15(23)22-8-6-17(7-9-22)10-13(17)16(24)25/h2-5,11,13H,6-10H2,1H3,(H,24,25). The molecule has 2 unspecified atom stereocenters. The molecule has 0 bridgehead atoms. The average molecular weight is 371 g/mol. The van der Waals surface area contributed by atoms with Crippen LogP contribution in [-0.2, 0) is 15.8 Å². The Hall–Kier alpha value is -2.25. The third kappa shape index (κ3) is 3.50. The quantitative estimate of drug-likeness (QED) is 0.883. The minimum Gasteiger partial charge on any atom is -0.481 e. The maximum absolute atomic E-state index is 13.0. The first-order chi connectivity index (χ1) is 12.1. The first-order valence-electron chi connectivity index (χ1n) is 8.48. The number of hydrogen-bond donors (Lipinski definition) is 1. The van der Waals surface area contributed by atoms with Gasteiger partial charge in [-0.25, -0.2) is 0 Å². The summed E-state index contributed by atoms with van der Waals surface area (Å²) in [4.78, 5) is 25.1. The Balaban J connectivity index is 1.61. The van der Waals surface area contributed by atoms with Crippen LogP contribution in [0.2, 0.25) is 0 Å². The zero-order valence-corrected chi connectivity index (χ0v) is 14.3. The molecule has 26 heavy (non-hydrogen) atoms. The molecule has 1 spiro atoms. The van der Waals surface area contributed by atoms with Gasteiger partial charge in [-0.3, -0.25) is 9.59 Å². The van der Waals surface area contributed by atoms with Gasteiger partial charge in [-0.2, -0.15) is 13.2 Å². The van der Waals surface area contributed by atoms with Gasteiger partial charge in [0.1, 0.15) is 5.75 Å². The Morgan fingerprint density at radius 3 is 2.42 bits per heavy atom. The monoisotopic (exact) mass is 371 g/mol. The lowest BCUT2D eigenvalue weighted by molar-refractivity contribution is -0.145. The number of hydrogen-bond acceptors (Lipinski definition) is 3. The number of carbonyl (C=O) groups excluding carboxylic acids is 1. The first kappa shape index (κ1) is 18.5. The number of alkyl halides is 3. The molecule has 2 aliphatic rings. The third-order valence-electron chi connectivity index (χ3n) is 5.40. The number of carboxylic acids is 1. The van der Waals surface area contributed by atoms with E-state index in [9.17, 15) is 22.8 Å². The van der Waals surface area contributed by atoms with Crippen molar-refractivity contribution in [1.29, 1.82) is 0 Å². The van der Waals surface area contributed by atoms with Gasteiger partial charge in [0.2, 0.25) is 0 Å². The molecule has 0 radical (unpaired) electrons. The van der Waals surface area contributed by atoms with E-state index in [-0.39, 0.29) is 23.0 Å². The molecule has 1 heterocycles. The van der Waals surface area contributed by atoms with E-state index in [1.807, 2.05) is 0 Å². The van der Waals surface area contributed by atoms with Gasteiger partial charge < -0.3 is 14.7 Å². The molecule has 3 rings (SSSR count). The molecule has 8 heteroatoms. The van der Waals surface area contributed by atoms with E-state index in [0.29, 0.717) is 32.4 Å². The van der Waals surface area contributed by atoms with Crippen LogP contribution in [0.25, 0.3) is 0 Å². The van der Waals surface area contributed by atoms with E-state index >= 15 is 0 Å². The molecular formula is C18H20F3NO4. The first-order valence-corrected chi connectivity index (χ1v) is 8.48. The number of halogens is 3. The summed E-state index contributed by atoms with van der Waals surface area (Å²) in [5.74, 6) is -1.90. The molecule has 1 N–H and O–H groups in total. The van der Waals surface area contributed by atoms with Crippen molar-refractivity contribution in [2.75, 3.05) is 13.1 Å². The van der Waals surface area contributed by atoms with E-state index in [2.05, 4.69) is 0 Å². The van der Waals surface area contributed by atoms with E-state index in [1.165, 1.54) is 25.1 Å². The number of nitrogens with zero attached hydrogens (tertiary/aromatic N) is 1. The Morgan fingerprint density at radius 2 is 1.88 bits per heavy atom. The number of para-hydroxylation sites is 1. The molecule has 0 aromatic heterocycles. The predicted molar refractivity (Wildman–Crippen MR) is 85.5 cm³/mol. The summed E-state index contributed by atoms with van der Waals surface area (Å²) in [6, 6.07) is 4.79. The Labute approximate surface area is 148 Å². The molecule has 1 aromatic rings. The van der Waals surface area contributed by atoms with Gasteiger partial charge in [0.25, 0.3) is 5.91 Å². The lowest BCUT2D eigenvalue weighted by Crippen LogP contribution is -2.45. The summed E-state index contributed by atoms with van der Waals surface area (Å²) in [5.41, 5.74) is -1.13. The van der Waals surface area contributed by atoms with Gasteiger partial charge in [-0.1, -0.05) is 12.1 Å². The second-order valence-electron chi connectivity index (χ2n) is 7.04. The molecule has 1 aromatic carbocycles. The number of rotatable bonds is 4. The van der Waals surface area contributed by atoms with Crippen LogP contribution in [0.3, 0.4) is 0 Å². The summed E-state index contributed by atoms with van der Waals surface area (Å²) in [6.45, 7) is 2.23. The van der Waals surface area contributed by atoms with Gasteiger partial charge >= 0.3 is 12.1 Å². The summed E-state index contributed by atoms with van der Waals surface area (Å²) in [5, 5.41) is 9.10. The molecule has 1 aliphatic heterocycles. The van der Waals surface area contributed by atoms with Gasteiger partial charge in [0, 0.05) is 13.1 Å². The Kier molecular flexibility index (Phi) is 4.62. The Morgan fingerprint density at radius 1 is 1.27 bits per heavy atom. The van der Waals surface area contributed by atoms with Crippen molar-refractivity contribution in [2.45, 2.75) is 38.5 Å². The molecule has 1 aliphatic carbocycles. The second kappa shape index (κ2) is 6.48. The Bertz CT molecular complexity index is 711. The number of carboxylic acid groups (broad SMARTS) is 1. The lowest BCUT2D eigenvalue weighted by atomic mass is 9.90. The molecule has 2 atom stereocenters. The van der Waals surface area contributed by atoms with Crippen molar-refractivity contribution in [1.82, 2.24) is 4.90 Å². The third-order valence-corrected chi connectivity index (χ3v) is 5.40. The predicted octanol–water partition coefficient (Wildman–Crippen LogP) is 3.19. The fourth-order valence-corrected chi connectivity index (χ4v) is 3.72. The smallest absolute Gasteiger partial charge is 0.419 e. The fourth-order valence-electron chi connectivity index (χ4n) is 3.72. The highest BCUT2D eigenvalue weighted by Crippen LogP contribution is 2.59. The van der Waals surface area contributed by atoms with Crippen LogP contribution in [0, 0.1) is 11.3 Å². The molecule has 1 saturated heterocycles. The van der Waals surface area contributed by atoms with Crippen LogP contribution in [0.5, 0.6) is 5.75 Å². The number of amides is 1. The van der Waals surface area contributed by atoms with Crippen LogP contribution in [0.15, 0.2) is 24.3 Å². The van der Waals surface area contributed by atoms with Crippen LogP contribution in [0.1, 0.15) is 31.7 Å². The van der Waals surface area contributed by atoms with E-state index in [1.54, 1.807) is 4.90 Å². The summed E-state index contributed by atoms with van der Waals surface area (Å²) in [6.07, 6.45) is -3.78. The van der Waals surface area contributed by atoms with Crippen molar-refractivity contribution in [3.8, 4) is 5.75 Å². The molecular weight excluding hydrogens is 351 g/mol. The minimum absolute atomic E-state index is 0.213. The van der Waals surface area contributed by atoms with Gasteiger partial charge in [-0.15, -0.1) is 0 Å². The maximum Gasteiger partial charge on any atom is 0.419 e. The van der Waals surface area contributed by atoms with Crippen molar-refractivity contribution in [3.05, 3.63) is 29.8 Å². The molecule has 5 nitrogen and oxygen atoms in total. The molecule has 1 saturated carbocycles. The lowest BCUT2D eigenvalue weighted by Gasteiger charge is -2.34. The highest BCUT2D eigenvalue weighted by Gasteiger charge is 2.59. The van der Waals surface area contributed by atoms with Gasteiger partial charge in [0.15, 0.2) is 6.10 Å². The largest absolute Gasteiger partial charge is 0.481 e. The normalized spacial score (nSPS) is 22.8. The second-order valence-corrected chi connectivity index (χ2v) is 7.04. The van der Waals surface area contributed by atoms with Crippen LogP contribution >= 0.6 is 0 Å². The van der Waals surface area contributed by atoms with Crippen LogP contribution in [-0.4, -0.2) is 41.1 Å². The van der Waals surface area contributed by atoms with Crippen molar-refractivity contribution in [3.63, 3.8) is 0 Å². The number of ether oxygens (including phenoxy) is 1. The number of carbonyl (C=O) groups is 2. The van der Waals surface area contributed by atoms with Crippen molar-refractivity contribution in [2.24, 2.45) is 11.3 Å². The fraction of sp³-hybridized carbons (Fsp3) is 0.556. The minimum atomic E-state index is -4.56. The van der Waals surface area contributed by atoms with Crippen molar-refractivity contribution < 1.29 is 32.6 Å². The molecule has 2 fully saturated rings. The van der Waals surface area contributed by atoms with Gasteiger partial charge in [0.05, 0.1) is 11.5 Å². The highest BCUT2D eigenvalue weighted by atomic mass is 19.4. The number of piperidine rings is 1.